The number of alkyl halides is 3. The van der Waals surface area contributed by atoms with E-state index in [1.165, 1.54) is 0 Å². The van der Waals surface area contributed by atoms with Crippen LogP contribution in [0, 0.1) is 0 Å². The van der Waals surface area contributed by atoms with Crippen molar-refractivity contribution in [3.63, 3.8) is 0 Å². The summed E-state index contributed by atoms with van der Waals surface area (Å²) in [6.07, 6.45) is -2.27. The minimum Gasteiger partial charge on any atom is -0.352 e. The summed E-state index contributed by atoms with van der Waals surface area (Å²) >= 11 is 0. The molecule has 0 spiro atoms. The number of nitrogens with two attached hydrogens (primary N) is 1. The van der Waals surface area contributed by atoms with Crippen molar-refractivity contribution in [3.05, 3.63) is 0 Å². The fourth-order valence-electron chi connectivity index (χ4n) is 1.87. The molecule has 1 rings (SSSR count). The Bertz CT molecular complexity index is 243. The summed E-state index contributed by atoms with van der Waals surface area (Å²) < 4.78 is 35.6. The summed E-state index contributed by atoms with van der Waals surface area (Å²) in [5.74, 6) is -0.556. The van der Waals surface area contributed by atoms with Crippen LogP contribution >= 0.6 is 0 Å². The predicted molar refractivity (Wildman–Crippen MR) is 53.7 cm³/mol. The van der Waals surface area contributed by atoms with E-state index in [-0.39, 0.29) is 12.1 Å². The van der Waals surface area contributed by atoms with Crippen molar-refractivity contribution in [1.29, 1.82) is 0 Å². The van der Waals surface area contributed by atoms with Crippen LogP contribution in [0.4, 0.5) is 13.2 Å². The van der Waals surface area contributed by atoms with Gasteiger partial charge in [0.1, 0.15) is 0 Å². The van der Waals surface area contributed by atoms with Crippen LogP contribution in [-0.2, 0) is 4.79 Å². The highest BCUT2D eigenvalue weighted by atomic mass is 19.4. The third-order valence-electron chi connectivity index (χ3n) is 2.80. The highest BCUT2D eigenvalue weighted by Gasteiger charge is 2.29. The van der Waals surface area contributed by atoms with Crippen LogP contribution in [0.2, 0.25) is 0 Å². The van der Waals surface area contributed by atoms with Gasteiger partial charge < -0.3 is 11.1 Å². The fraction of sp³-hybridized carbons (Fsp3) is 0.900. The Morgan fingerprint density at radius 3 is 2.50 bits per heavy atom. The van der Waals surface area contributed by atoms with Gasteiger partial charge in [0.25, 0.3) is 0 Å². The van der Waals surface area contributed by atoms with E-state index >= 15 is 0 Å². The average molecular weight is 238 g/mol. The number of halogens is 3. The molecule has 0 heterocycles. The van der Waals surface area contributed by atoms with Crippen molar-refractivity contribution in [2.45, 2.75) is 56.8 Å². The fourth-order valence-corrected chi connectivity index (χ4v) is 1.87. The van der Waals surface area contributed by atoms with Gasteiger partial charge >= 0.3 is 6.18 Å². The van der Waals surface area contributed by atoms with Gasteiger partial charge in [-0.15, -0.1) is 0 Å². The van der Waals surface area contributed by atoms with Crippen molar-refractivity contribution in [3.8, 4) is 0 Å². The van der Waals surface area contributed by atoms with Gasteiger partial charge in [-0.05, 0) is 12.8 Å². The van der Waals surface area contributed by atoms with E-state index in [4.69, 9.17) is 5.73 Å². The highest BCUT2D eigenvalue weighted by molar-refractivity contribution is 5.76. The van der Waals surface area contributed by atoms with Crippen molar-refractivity contribution in [1.82, 2.24) is 5.32 Å². The van der Waals surface area contributed by atoms with Crippen molar-refractivity contribution in [2.75, 3.05) is 0 Å². The Morgan fingerprint density at radius 2 is 1.94 bits per heavy atom. The maximum Gasteiger partial charge on any atom is 0.389 e. The second kappa shape index (κ2) is 5.52. The summed E-state index contributed by atoms with van der Waals surface area (Å²) in [4.78, 5) is 11.2. The van der Waals surface area contributed by atoms with Crippen LogP contribution in [0.5, 0.6) is 0 Å². The molecule has 1 amide bonds. The molecule has 0 aromatic heterocycles. The third kappa shape index (κ3) is 4.83. The molecule has 1 fully saturated rings. The van der Waals surface area contributed by atoms with Gasteiger partial charge in [0.05, 0.1) is 6.42 Å². The summed E-state index contributed by atoms with van der Waals surface area (Å²) in [5.41, 5.74) is 5.77. The number of amides is 1. The molecule has 2 atom stereocenters. The average Bonchev–Trinajstić information content (AvgIpc) is 2.18. The van der Waals surface area contributed by atoms with Crippen molar-refractivity contribution in [2.24, 2.45) is 5.73 Å². The molecule has 6 heteroatoms. The minimum atomic E-state index is -4.27. The summed E-state index contributed by atoms with van der Waals surface area (Å²) in [6, 6.07) is -0.280. The number of rotatable bonds is 3. The summed E-state index contributed by atoms with van der Waals surface area (Å²) in [5, 5.41) is 2.58. The molecule has 94 valence electrons. The van der Waals surface area contributed by atoms with E-state index < -0.39 is 24.9 Å². The lowest BCUT2D eigenvalue weighted by molar-refractivity contribution is -0.144. The van der Waals surface area contributed by atoms with Crippen molar-refractivity contribution >= 4 is 5.91 Å². The Morgan fingerprint density at radius 1 is 1.31 bits per heavy atom. The van der Waals surface area contributed by atoms with Gasteiger partial charge in [0.2, 0.25) is 5.91 Å². The molecule has 2 unspecified atom stereocenters. The maximum atomic E-state index is 11.9. The minimum absolute atomic E-state index is 0.122. The zero-order valence-corrected chi connectivity index (χ0v) is 9.02. The topological polar surface area (TPSA) is 55.1 Å². The van der Waals surface area contributed by atoms with Crippen LogP contribution in [0.15, 0.2) is 0 Å². The molecule has 1 aliphatic carbocycles. The van der Waals surface area contributed by atoms with Gasteiger partial charge in [0.15, 0.2) is 0 Å². The molecule has 1 aliphatic rings. The number of hydrogen-bond acceptors (Lipinski definition) is 2. The lowest BCUT2D eigenvalue weighted by Crippen LogP contribution is -2.49. The van der Waals surface area contributed by atoms with Gasteiger partial charge in [-0.3, -0.25) is 4.79 Å². The summed E-state index contributed by atoms with van der Waals surface area (Å²) in [7, 11) is 0. The maximum absolute atomic E-state index is 11.9. The quantitative estimate of drug-likeness (QED) is 0.786. The third-order valence-corrected chi connectivity index (χ3v) is 2.80. The molecule has 16 heavy (non-hydrogen) atoms. The second-order valence-corrected chi connectivity index (χ2v) is 4.24. The van der Waals surface area contributed by atoms with E-state index in [9.17, 15) is 18.0 Å². The smallest absolute Gasteiger partial charge is 0.352 e. The first kappa shape index (κ1) is 13.3. The first-order valence-corrected chi connectivity index (χ1v) is 5.50. The largest absolute Gasteiger partial charge is 0.389 e. The molecular weight excluding hydrogens is 221 g/mol. The molecule has 0 bridgehead atoms. The van der Waals surface area contributed by atoms with Gasteiger partial charge in [0, 0.05) is 18.5 Å². The second-order valence-electron chi connectivity index (χ2n) is 4.24. The molecule has 0 aliphatic heterocycles. The standard InChI is InChI=1S/C10H17F3N2O/c11-10(12,13)6-5-9(16)15-8-4-2-1-3-7(8)14/h7-8H,1-6,14H2,(H,15,16). The molecule has 1 saturated carbocycles. The first-order valence-electron chi connectivity index (χ1n) is 5.50. The highest BCUT2D eigenvalue weighted by Crippen LogP contribution is 2.22. The van der Waals surface area contributed by atoms with E-state index in [0.717, 1.165) is 25.7 Å². The molecule has 0 radical (unpaired) electrons. The molecule has 0 aromatic rings. The van der Waals surface area contributed by atoms with E-state index in [1.54, 1.807) is 0 Å². The summed E-state index contributed by atoms with van der Waals surface area (Å²) in [6.45, 7) is 0. The normalized spacial score (nSPS) is 26.5. The zero-order valence-electron chi connectivity index (χ0n) is 9.02. The van der Waals surface area contributed by atoms with Crippen LogP contribution in [0.1, 0.15) is 38.5 Å². The van der Waals surface area contributed by atoms with E-state index in [0.29, 0.717) is 0 Å². The number of carbonyl (C=O) groups is 1. The first-order chi connectivity index (χ1) is 7.38. The van der Waals surface area contributed by atoms with Gasteiger partial charge in [-0.1, -0.05) is 12.8 Å². The SMILES string of the molecule is NC1CCCCC1NC(=O)CCC(F)(F)F. The van der Waals surface area contributed by atoms with Gasteiger partial charge in [-0.2, -0.15) is 13.2 Å². The molecule has 3 nitrogen and oxygen atoms in total. The zero-order chi connectivity index (χ0) is 12.2. The Balaban J connectivity index is 2.28. The van der Waals surface area contributed by atoms with Crippen molar-refractivity contribution < 1.29 is 18.0 Å². The monoisotopic (exact) mass is 238 g/mol. The van der Waals surface area contributed by atoms with Gasteiger partial charge in [-0.25, -0.2) is 0 Å². The van der Waals surface area contributed by atoms with E-state index in [1.807, 2.05) is 0 Å². The lowest BCUT2D eigenvalue weighted by Gasteiger charge is -2.29. The van der Waals surface area contributed by atoms with Crippen LogP contribution in [-0.4, -0.2) is 24.2 Å². The van der Waals surface area contributed by atoms with Crippen LogP contribution in [0.25, 0.3) is 0 Å². The molecule has 0 saturated heterocycles. The molecule has 0 aromatic carbocycles. The van der Waals surface area contributed by atoms with Crippen LogP contribution < -0.4 is 11.1 Å². The number of carbonyl (C=O) groups excluding carboxylic acids is 1. The lowest BCUT2D eigenvalue weighted by atomic mass is 9.91. The number of nitrogens with one attached hydrogen (secondary N) is 1. The Kier molecular flexibility index (Phi) is 4.58. The van der Waals surface area contributed by atoms with Crippen LogP contribution in [0.3, 0.4) is 0 Å². The van der Waals surface area contributed by atoms with E-state index in [2.05, 4.69) is 5.32 Å². The molecule has 3 N–H and O–H groups in total. The number of hydrogen-bond donors (Lipinski definition) is 2. The Hall–Kier alpha value is -0.780. The molecular formula is C10H17F3N2O. The Labute approximate surface area is 92.6 Å². The predicted octanol–water partition coefficient (Wildman–Crippen LogP) is 1.71.